The van der Waals surface area contributed by atoms with Crippen LogP contribution in [0.15, 0.2) is 34.2 Å². The van der Waals surface area contributed by atoms with Crippen molar-refractivity contribution in [1.29, 1.82) is 0 Å². The normalized spacial score (nSPS) is 12.3. The lowest BCUT2D eigenvalue weighted by atomic mass is 10.2. The summed E-state index contributed by atoms with van der Waals surface area (Å²) >= 11 is 1.29. The number of hydrogen-bond acceptors (Lipinski definition) is 5. The standard InChI is InChI=1S/C16H20N2O3S/c1-4-5-10-13(15(20)21-3)22-16-17-12-9-7-6-8-11(12)14(19)18(16)2/h6-9,13H,4-5,10H2,1-3H3. The molecule has 0 N–H and O–H groups in total. The van der Waals surface area contributed by atoms with Gasteiger partial charge in [0.05, 0.1) is 18.0 Å². The second-order valence-electron chi connectivity index (χ2n) is 5.05. The van der Waals surface area contributed by atoms with Crippen LogP contribution in [0.1, 0.15) is 26.2 Å². The van der Waals surface area contributed by atoms with Crippen LogP contribution in [0.3, 0.4) is 0 Å². The molecule has 22 heavy (non-hydrogen) atoms. The number of nitrogens with zero attached hydrogens (tertiary/aromatic N) is 2. The molecule has 0 amide bonds. The Hall–Kier alpha value is -1.82. The average Bonchev–Trinajstić information content (AvgIpc) is 2.55. The molecule has 0 aliphatic heterocycles. The summed E-state index contributed by atoms with van der Waals surface area (Å²) in [6.45, 7) is 2.07. The van der Waals surface area contributed by atoms with E-state index in [1.54, 1.807) is 19.2 Å². The molecule has 0 spiro atoms. The van der Waals surface area contributed by atoms with E-state index in [2.05, 4.69) is 11.9 Å². The summed E-state index contributed by atoms with van der Waals surface area (Å²) in [4.78, 5) is 28.8. The molecule has 1 aromatic carbocycles. The molecule has 0 bridgehead atoms. The number of fused-ring (bicyclic) bond motifs is 1. The molecular formula is C16H20N2O3S. The van der Waals surface area contributed by atoms with E-state index < -0.39 is 0 Å². The zero-order valence-electron chi connectivity index (χ0n) is 13.0. The van der Waals surface area contributed by atoms with Crippen LogP contribution in [-0.2, 0) is 16.6 Å². The molecule has 0 aliphatic rings. The fraction of sp³-hybridized carbons (Fsp3) is 0.438. The molecule has 5 nitrogen and oxygen atoms in total. The predicted molar refractivity (Wildman–Crippen MR) is 88.2 cm³/mol. The highest BCUT2D eigenvalue weighted by Gasteiger charge is 2.22. The molecule has 2 aromatic rings. The topological polar surface area (TPSA) is 61.2 Å². The first kappa shape index (κ1) is 16.5. The Morgan fingerprint density at radius 3 is 2.82 bits per heavy atom. The Kier molecular flexibility index (Phi) is 5.60. The van der Waals surface area contributed by atoms with Crippen molar-refractivity contribution in [2.45, 2.75) is 36.6 Å². The van der Waals surface area contributed by atoms with E-state index in [9.17, 15) is 9.59 Å². The van der Waals surface area contributed by atoms with E-state index in [4.69, 9.17) is 4.74 Å². The molecule has 118 valence electrons. The van der Waals surface area contributed by atoms with E-state index in [1.165, 1.54) is 23.4 Å². The van der Waals surface area contributed by atoms with Crippen LogP contribution in [0.4, 0.5) is 0 Å². The maximum atomic E-state index is 12.4. The van der Waals surface area contributed by atoms with Crippen LogP contribution in [0.2, 0.25) is 0 Å². The smallest absolute Gasteiger partial charge is 0.319 e. The third-order valence-electron chi connectivity index (χ3n) is 3.47. The van der Waals surface area contributed by atoms with Gasteiger partial charge < -0.3 is 4.74 Å². The van der Waals surface area contributed by atoms with Crippen molar-refractivity contribution in [1.82, 2.24) is 9.55 Å². The summed E-state index contributed by atoms with van der Waals surface area (Å²) in [7, 11) is 3.06. The minimum Gasteiger partial charge on any atom is -0.468 e. The molecule has 0 fully saturated rings. The van der Waals surface area contributed by atoms with Crippen molar-refractivity contribution < 1.29 is 9.53 Å². The molecule has 0 saturated carbocycles. The minimum atomic E-state index is -0.343. The lowest BCUT2D eigenvalue weighted by molar-refractivity contribution is -0.140. The number of thioether (sulfide) groups is 1. The number of hydrogen-bond donors (Lipinski definition) is 0. The number of aromatic nitrogens is 2. The second-order valence-corrected chi connectivity index (χ2v) is 6.22. The molecule has 1 heterocycles. The van der Waals surface area contributed by atoms with Crippen LogP contribution in [-0.4, -0.2) is 27.9 Å². The van der Waals surface area contributed by atoms with Gasteiger partial charge in [-0.1, -0.05) is 43.7 Å². The van der Waals surface area contributed by atoms with Gasteiger partial charge in [0, 0.05) is 7.05 Å². The van der Waals surface area contributed by atoms with Crippen molar-refractivity contribution >= 4 is 28.6 Å². The average molecular weight is 320 g/mol. The summed E-state index contributed by atoms with van der Waals surface area (Å²) in [6, 6.07) is 7.22. The number of para-hydroxylation sites is 1. The molecule has 1 aromatic heterocycles. The summed E-state index contributed by atoms with van der Waals surface area (Å²) in [5.41, 5.74) is 0.541. The van der Waals surface area contributed by atoms with Gasteiger partial charge in [-0.15, -0.1) is 0 Å². The van der Waals surface area contributed by atoms with Crippen LogP contribution in [0.5, 0.6) is 0 Å². The zero-order valence-corrected chi connectivity index (χ0v) is 13.9. The Labute approximate surface area is 133 Å². The van der Waals surface area contributed by atoms with Crippen LogP contribution >= 0.6 is 11.8 Å². The highest BCUT2D eigenvalue weighted by molar-refractivity contribution is 8.00. The molecule has 0 saturated heterocycles. The Morgan fingerprint density at radius 1 is 1.41 bits per heavy atom. The van der Waals surface area contributed by atoms with Crippen molar-refractivity contribution in [3.63, 3.8) is 0 Å². The van der Waals surface area contributed by atoms with Gasteiger partial charge in [-0.3, -0.25) is 14.2 Å². The lowest BCUT2D eigenvalue weighted by Crippen LogP contribution is -2.24. The highest BCUT2D eigenvalue weighted by atomic mass is 32.2. The third kappa shape index (κ3) is 3.50. The molecule has 2 rings (SSSR count). The highest BCUT2D eigenvalue weighted by Crippen LogP contribution is 2.26. The van der Waals surface area contributed by atoms with E-state index in [0.29, 0.717) is 22.5 Å². The number of carbonyl (C=O) groups is 1. The summed E-state index contributed by atoms with van der Waals surface area (Å²) in [6.07, 6.45) is 2.63. The number of ether oxygens (including phenoxy) is 1. The largest absolute Gasteiger partial charge is 0.468 e. The second kappa shape index (κ2) is 7.45. The molecular weight excluding hydrogens is 300 g/mol. The molecule has 1 atom stereocenters. The first-order valence-electron chi connectivity index (χ1n) is 7.28. The van der Waals surface area contributed by atoms with E-state index in [-0.39, 0.29) is 16.8 Å². The number of rotatable bonds is 6. The maximum absolute atomic E-state index is 12.4. The number of methoxy groups -OCH3 is 1. The van der Waals surface area contributed by atoms with Crippen molar-refractivity contribution in [3.8, 4) is 0 Å². The molecule has 0 radical (unpaired) electrons. The Bertz CT molecular complexity index is 727. The van der Waals surface area contributed by atoms with E-state index in [0.717, 1.165) is 12.8 Å². The van der Waals surface area contributed by atoms with Crippen LogP contribution < -0.4 is 5.56 Å². The van der Waals surface area contributed by atoms with Gasteiger partial charge in [-0.2, -0.15) is 0 Å². The van der Waals surface area contributed by atoms with E-state index in [1.807, 2.05) is 12.1 Å². The van der Waals surface area contributed by atoms with Crippen molar-refractivity contribution in [3.05, 3.63) is 34.6 Å². The monoisotopic (exact) mass is 320 g/mol. The minimum absolute atomic E-state index is 0.104. The van der Waals surface area contributed by atoms with Crippen molar-refractivity contribution in [2.24, 2.45) is 7.05 Å². The fourth-order valence-electron chi connectivity index (χ4n) is 2.18. The number of unbranched alkanes of at least 4 members (excludes halogenated alkanes) is 1. The van der Waals surface area contributed by atoms with Gasteiger partial charge in [0.15, 0.2) is 5.16 Å². The van der Waals surface area contributed by atoms with Gasteiger partial charge in [0.1, 0.15) is 5.25 Å². The summed E-state index contributed by atoms with van der Waals surface area (Å²) in [5, 5.41) is 0.775. The fourth-order valence-corrected chi connectivity index (χ4v) is 3.30. The quantitative estimate of drug-likeness (QED) is 0.465. The van der Waals surface area contributed by atoms with Crippen molar-refractivity contribution in [2.75, 3.05) is 7.11 Å². The lowest BCUT2D eigenvalue weighted by Gasteiger charge is -2.15. The first-order valence-corrected chi connectivity index (χ1v) is 8.16. The van der Waals surface area contributed by atoms with E-state index >= 15 is 0 Å². The number of benzene rings is 1. The van der Waals surface area contributed by atoms with Gasteiger partial charge in [0.25, 0.3) is 5.56 Å². The summed E-state index contributed by atoms with van der Waals surface area (Å²) < 4.78 is 6.36. The zero-order chi connectivity index (χ0) is 16.1. The van der Waals surface area contributed by atoms with Gasteiger partial charge in [0.2, 0.25) is 0 Å². The molecule has 0 aliphatic carbocycles. The Balaban J connectivity index is 2.38. The Morgan fingerprint density at radius 2 is 2.14 bits per heavy atom. The molecule has 6 heteroatoms. The number of carbonyl (C=O) groups excluding carboxylic acids is 1. The molecule has 1 unspecified atom stereocenters. The first-order chi connectivity index (χ1) is 10.6. The van der Waals surface area contributed by atoms with Crippen LogP contribution in [0.25, 0.3) is 10.9 Å². The predicted octanol–water partition coefficient (Wildman–Crippen LogP) is 2.76. The third-order valence-corrected chi connectivity index (χ3v) is 4.76. The van der Waals surface area contributed by atoms with Crippen LogP contribution in [0, 0.1) is 0 Å². The summed E-state index contributed by atoms with van der Waals surface area (Å²) in [5.74, 6) is -0.277. The number of esters is 1. The van der Waals surface area contributed by atoms with Gasteiger partial charge in [-0.25, -0.2) is 4.98 Å². The van der Waals surface area contributed by atoms with Gasteiger partial charge in [-0.05, 0) is 18.6 Å². The van der Waals surface area contributed by atoms with Gasteiger partial charge >= 0.3 is 5.97 Å². The SMILES string of the molecule is CCCCC(Sc1nc2ccccc2c(=O)n1C)C(=O)OC. The maximum Gasteiger partial charge on any atom is 0.319 e.